The molecule has 2 atom stereocenters. The van der Waals surface area contributed by atoms with E-state index in [-0.39, 0.29) is 30.1 Å². The summed E-state index contributed by atoms with van der Waals surface area (Å²) < 4.78 is 18.6. The minimum Gasteiger partial charge on any atom is -0.490 e. The molecule has 5 rings (SSSR count). The molecule has 2 aliphatic heterocycles. The lowest BCUT2D eigenvalue weighted by Crippen LogP contribution is -2.48. The fourth-order valence-corrected chi connectivity index (χ4v) is 5.89. The number of aryl methyl sites for hydroxylation is 1. The molecule has 1 aromatic heterocycles. The van der Waals surface area contributed by atoms with Crippen LogP contribution in [0.2, 0.25) is 0 Å². The van der Waals surface area contributed by atoms with E-state index >= 15 is 0 Å². The number of nitrogens with zero attached hydrogens (tertiary/aromatic N) is 2. The van der Waals surface area contributed by atoms with Crippen LogP contribution in [0.15, 0.2) is 16.5 Å². The van der Waals surface area contributed by atoms with Gasteiger partial charge >= 0.3 is 0 Å². The molecule has 0 N–H and O–H groups in total. The predicted molar refractivity (Wildman–Crippen MR) is 134 cm³/mol. The average Bonchev–Trinajstić information content (AvgIpc) is 3.11. The average molecular weight is 469 g/mol. The Balaban J connectivity index is 1.37. The Morgan fingerprint density at radius 2 is 1.74 bits per heavy atom. The molecular formula is C28H40N2O4. The zero-order valence-electron chi connectivity index (χ0n) is 21.4. The molecular weight excluding hydrogens is 428 g/mol. The number of ether oxygens (including phenoxy) is 2. The molecule has 186 valence electrons. The van der Waals surface area contributed by atoms with Crippen molar-refractivity contribution >= 4 is 16.9 Å². The van der Waals surface area contributed by atoms with E-state index in [4.69, 9.17) is 13.9 Å². The highest BCUT2D eigenvalue weighted by molar-refractivity contribution is 6.00. The summed E-state index contributed by atoms with van der Waals surface area (Å²) in [6.45, 7) is 13.8. The number of carbonyl (C=O) groups excluding carboxylic acids is 1. The summed E-state index contributed by atoms with van der Waals surface area (Å²) in [5.74, 6) is 1.49. The van der Waals surface area contributed by atoms with Crippen molar-refractivity contribution in [1.82, 2.24) is 9.80 Å². The number of carbonyl (C=O) groups is 1. The fourth-order valence-electron chi connectivity index (χ4n) is 5.89. The summed E-state index contributed by atoms with van der Waals surface area (Å²) in [5, 5.41) is 1.03. The van der Waals surface area contributed by atoms with E-state index in [9.17, 15) is 4.79 Å². The second-order valence-corrected chi connectivity index (χ2v) is 11.0. The number of hydrogen-bond acceptors (Lipinski definition) is 5. The van der Waals surface area contributed by atoms with Crippen molar-refractivity contribution in [1.29, 1.82) is 0 Å². The Kier molecular flexibility index (Phi) is 6.64. The molecule has 1 saturated carbocycles. The van der Waals surface area contributed by atoms with Crippen molar-refractivity contribution in [3.8, 4) is 5.75 Å². The number of furan rings is 1. The normalized spacial score (nSPS) is 25.2. The van der Waals surface area contributed by atoms with E-state index in [0.717, 1.165) is 59.8 Å². The second-order valence-electron chi connectivity index (χ2n) is 11.0. The number of morpholine rings is 1. The molecule has 1 aliphatic carbocycles. The first-order valence-corrected chi connectivity index (χ1v) is 13.2. The zero-order valence-corrected chi connectivity index (χ0v) is 21.4. The third-order valence-electron chi connectivity index (χ3n) is 7.86. The van der Waals surface area contributed by atoms with Gasteiger partial charge in [-0.25, -0.2) is 0 Å². The summed E-state index contributed by atoms with van der Waals surface area (Å²) in [6, 6.07) is 4.97. The molecule has 34 heavy (non-hydrogen) atoms. The van der Waals surface area contributed by atoms with Gasteiger partial charge in [-0.2, -0.15) is 0 Å². The molecule has 1 aromatic carbocycles. The molecule has 0 unspecified atom stereocenters. The molecule has 1 amide bonds. The highest BCUT2D eigenvalue weighted by atomic mass is 16.5. The highest BCUT2D eigenvalue weighted by Gasteiger charge is 2.33. The minimum absolute atomic E-state index is 0.0255. The standard InChI is InChI=1S/C28H40N2O4/c1-17(2)26-23-13-18(3)24(33-22-9-11-29(12-10-22)21-7-6-8-21)14-25(23)34-27(26)28(31)30-15-19(4)32-20(5)16-30/h13-14,17,19-22H,6-12,15-16H2,1-5H3/t19-,20+. The van der Waals surface area contributed by atoms with Gasteiger partial charge < -0.3 is 23.7 Å². The highest BCUT2D eigenvalue weighted by Crippen LogP contribution is 2.37. The first-order chi connectivity index (χ1) is 16.3. The van der Waals surface area contributed by atoms with Crippen molar-refractivity contribution in [2.45, 2.75) is 97.0 Å². The molecule has 3 fully saturated rings. The monoisotopic (exact) mass is 468 g/mol. The van der Waals surface area contributed by atoms with Crippen LogP contribution in [0, 0.1) is 6.92 Å². The number of benzene rings is 1. The Bertz CT molecular complexity index is 1020. The first kappa shape index (κ1) is 23.7. The third-order valence-corrected chi connectivity index (χ3v) is 7.86. The van der Waals surface area contributed by atoms with Crippen LogP contribution in [0.25, 0.3) is 11.0 Å². The Labute approximate surface area is 203 Å². The van der Waals surface area contributed by atoms with Gasteiger partial charge in [-0.15, -0.1) is 0 Å². The van der Waals surface area contributed by atoms with E-state index < -0.39 is 0 Å². The zero-order chi connectivity index (χ0) is 24.0. The van der Waals surface area contributed by atoms with Crippen molar-refractivity contribution in [3.63, 3.8) is 0 Å². The molecule has 3 heterocycles. The summed E-state index contributed by atoms with van der Waals surface area (Å²) >= 11 is 0. The molecule has 6 heteroatoms. The number of likely N-dealkylation sites (tertiary alicyclic amines) is 1. The quantitative estimate of drug-likeness (QED) is 0.579. The van der Waals surface area contributed by atoms with Gasteiger partial charge in [-0.05, 0) is 64.0 Å². The van der Waals surface area contributed by atoms with Crippen molar-refractivity contribution < 1.29 is 18.7 Å². The minimum atomic E-state index is -0.0367. The third kappa shape index (κ3) is 4.59. The lowest BCUT2D eigenvalue weighted by atomic mass is 9.90. The summed E-state index contributed by atoms with van der Waals surface area (Å²) in [6.07, 6.45) is 6.54. The largest absolute Gasteiger partial charge is 0.490 e. The van der Waals surface area contributed by atoms with Gasteiger partial charge in [0.15, 0.2) is 5.76 Å². The van der Waals surface area contributed by atoms with Crippen LogP contribution < -0.4 is 4.74 Å². The summed E-state index contributed by atoms with van der Waals surface area (Å²) in [4.78, 5) is 18.1. The molecule has 3 aliphatic rings. The molecule has 0 bridgehead atoms. The van der Waals surface area contributed by atoms with Gasteiger partial charge in [0.25, 0.3) is 5.91 Å². The Morgan fingerprint density at radius 3 is 2.32 bits per heavy atom. The topological polar surface area (TPSA) is 55.2 Å². The predicted octanol–water partition coefficient (Wildman–Crippen LogP) is 5.51. The number of rotatable bonds is 5. The number of hydrogen-bond donors (Lipinski definition) is 0. The van der Waals surface area contributed by atoms with Gasteiger partial charge in [0.05, 0.1) is 12.2 Å². The number of amides is 1. The van der Waals surface area contributed by atoms with Crippen LogP contribution in [0.1, 0.15) is 87.4 Å². The van der Waals surface area contributed by atoms with Crippen molar-refractivity contribution in [3.05, 3.63) is 29.0 Å². The fraction of sp³-hybridized carbons (Fsp3) is 0.679. The van der Waals surface area contributed by atoms with Crippen LogP contribution in [0.4, 0.5) is 0 Å². The smallest absolute Gasteiger partial charge is 0.290 e. The first-order valence-electron chi connectivity index (χ1n) is 13.2. The number of fused-ring (bicyclic) bond motifs is 1. The van der Waals surface area contributed by atoms with Crippen LogP contribution >= 0.6 is 0 Å². The summed E-state index contributed by atoms with van der Waals surface area (Å²) in [5.41, 5.74) is 2.84. The maximum absolute atomic E-state index is 13.5. The SMILES string of the molecule is Cc1cc2c(C(C)C)c(C(=O)N3C[C@@H](C)O[C@@H](C)C3)oc2cc1OC1CCN(C2CCC2)CC1. The Hall–Kier alpha value is -2.05. The Morgan fingerprint density at radius 1 is 1.06 bits per heavy atom. The van der Waals surface area contributed by atoms with Gasteiger partial charge in [0, 0.05) is 49.2 Å². The van der Waals surface area contributed by atoms with E-state index in [1.165, 1.54) is 19.3 Å². The maximum atomic E-state index is 13.5. The molecule has 2 aromatic rings. The van der Waals surface area contributed by atoms with E-state index in [1.807, 2.05) is 24.8 Å². The van der Waals surface area contributed by atoms with E-state index in [1.54, 1.807) is 0 Å². The van der Waals surface area contributed by atoms with Crippen LogP contribution in [-0.4, -0.2) is 66.2 Å². The van der Waals surface area contributed by atoms with Gasteiger partial charge in [-0.3, -0.25) is 4.79 Å². The summed E-state index contributed by atoms with van der Waals surface area (Å²) in [7, 11) is 0. The number of piperidine rings is 1. The van der Waals surface area contributed by atoms with Crippen LogP contribution in [-0.2, 0) is 4.74 Å². The molecule has 0 spiro atoms. The van der Waals surface area contributed by atoms with E-state index in [0.29, 0.717) is 18.8 Å². The second kappa shape index (κ2) is 9.54. The lowest BCUT2D eigenvalue weighted by Gasteiger charge is -2.41. The molecule has 2 saturated heterocycles. The van der Waals surface area contributed by atoms with Gasteiger partial charge in [0.1, 0.15) is 17.4 Å². The maximum Gasteiger partial charge on any atom is 0.290 e. The lowest BCUT2D eigenvalue weighted by molar-refractivity contribution is -0.0592. The van der Waals surface area contributed by atoms with Gasteiger partial charge in [-0.1, -0.05) is 20.3 Å². The van der Waals surface area contributed by atoms with Crippen LogP contribution in [0.5, 0.6) is 5.75 Å². The van der Waals surface area contributed by atoms with Crippen molar-refractivity contribution in [2.24, 2.45) is 0 Å². The van der Waals surface area contributed by atoms with Gasteiger partial charge in [0.2, 0.25) is 0 Å². The molecule has 6 nitrogen and oxygen atoms in total. The molecule has 0 radical (unpaired) electrons. The van der Waals surface area contributed by atoms with Crippen LogP contribution in [0.3, 0.4) is 0 Å². The van der Waals surface area contributed by atoms with E-state index in [2.05, 4.69) is 31.7 Å². The van der Waals surface area contributed by atoms with Crippen molar-refractivity contribution in [2.75, 3.05) is 26.2 Å².